The number of carbonyl (C=O) groups excluding carboxylic acids is 2. The average molecular weight is 327 g/mol. The Morgan fingerprint density at radius 3 is 2.50 bits per heavy atom. The molecule has 1 saturated carbocycles. The lowest BCUT2D eigenvalue weighted by atomic mass is 9.81. The van der Waals surface area contributed by atoms with Crippen LogP contribution in [-0.2, 0) is 9.53 Å². The largest absolute Gasteiger partial charge is 0.467 e. The van der Waals surface area contributed by atoms with Gasteiger partial charge in [0.2, 0.25) is 0 Å². The van der Waals surface area contributed by atoms with Gasteiger partial charge in [0, 0.05) is 6.20 Å². The SMILES string of the molecule is COC(=O)C1(NC(=O)c2ccn(-c3ccccc3)n2)CCCCC1. The molecule has 1 amide bonds. The lowest BCUT2D eigenvalue weighted by molar-refractivity contribution is -0.149. The predicted octanol–water partition coefficient (Wildman–Crippen LogP) is 2.48. The number of benzene rings is 1. The number of carbonyl (C=O) groups is 2. The summed E-state index contributed by atoms with van der Waals surface area (Å²) in [7, 11) is 1.36. The minimum absolute atomic E-state index is 0.285. The molecule has 0 bridgehead atoms. The second-order valence-corrected chi connectivity index (χ2v) is 6.07. The first kappa shape index (κ1) is 16.2. The van der Waals surface area contributed by atoms with Crippen LogP contribution in [0, 0.1) is 0 Å². The van der Waals surface area contributed by atoms with Crippen LogP contribution in [0.25, 0.3) is 5.69 Å². The fourth-order valence-corrected chi connectivity index (χ4v) is 3.18. The third kappa shape index (κ3) is 3.18. The van der Waals surface area contributed by atoms with Crippen LogP contribution in [0.15, 0.2) is 42.6 Å². The molecule has 6 heteroatoms. The first-order chi connectivity index (χ1) is 11.6. The number of nitrogens with one attached hydrogen (secondary N) is 1. The Labute approximate surface area is 140 Å². The summed E-state index contributed by atoms with van der Waals surface area (Å²) in [6.45, 7) is 0. The van der Waals surface area contributed by atoms with Crippen molar-refractivity contribution in [2.75, 3.05) is 7.11 Å². The van der Waals surface area contributed by atoms with Crippen molar-refractivity contribution in [3.63, 3.8) is 0 Å². The topological polar surface area (TPSA) is 73.2 Å². The Bertz CT molecular complexity index is 718. The van der Waals surface area contributed by atoms with E-state index in [-0.39, 0.29) is 17.6 Å². The number of esters is 1. The van der Waals surface area contributed by atoms with E-state index in [0.29, 0.717) is 12.8 Å². The molecule has 0 unspecified atom stereocenters. The lowest BCUT2D eigenvalue weighted by Crippen LogP contribution is -2.56. The van der Waals surface area contributed by atoms with Gasteiger partial charge < -0.3 is 10.1 Å². The maximum absolute atomic E-state index is 12.6. The lowest BCUT2D eigenvalue weighted by Gasteiger charge is -2.34. The van der Waals surface area contributed by atoms with E-state index in [1.54, 1.807) is 16.9 Å². The molecule has 0 aliphatic heterocycles. The Morgan fingerprint density at radius 1 is 1.12 bits per heavy atom. The third-order valence-electron chi connectivity index (χ3n) is 4.48. The molecular formula is C18H21N3O3. The average Bonchev–Trinajstić information content (AvgIpc) is 3.13. The number of amides is 1. The smallest absolute Gasteiger partial charge is 0.331 e. The van der Waals surface area contributed by atoms with Gasteiger partial charge in [0.15, 0.2) is 5.69 Å². The fraction of sp³-hybridized carbons (Fsp3) is 0.389. The minimum Gasteiger partial charge on any atom is -0.467 e. The number of aromatic nitrogens is 2. The first-order valence-corrected chi connectivity index (χ1v) is 8.17. The van der Waals surface area contributed by atoms with E-state index >= 15 is 0 Å². The zero-order chi connectivity index (χ0) is 17.0. The Kier molecular flexibility index (Phi) is 4.64. The second-order valence-electron chi connectivity index (χ2n) is 6.07. The summed E-state index contributed by atoms with van der Waals surface area (Å²) in [6, 6.07) is 11.2. The zero-order valence-electron chi connectivity index (χ0n) is 13.7. The molecule has 1 fully saturated rings. The van der Waals surface area contributed by atoms with E-state index in [1.807, 2.05) is 30.3 Å². The highest BCUT2D eigenvalue weighted by molar-refractivity contribution is 5.96. The molecule has 1 aromatic heterocycles. The number of ether oxygens (including phenoxy) is 1. The van der Waals surface area contributed by atoms with Gasteiger partial charge in [-0.05, 0) is 31.0 Å². The van der Waals surface area contributed by atoms with Crippen LogP contribution in [0.3, 0.4) is 0 Å². The van der Waals surface area contributed by atoms with Crippen molar-refractivity contribution in [3.05, 3.63) is 48.3 Å². The van der Waals surface area contributed by atoms with Gasteiger partial charge in [-0.15, -0.1) is 0 Å². The van der Waals surface area contributed by atoms with Crippen LogP contribution in [0.1, 0.15) is 42.6 Å². The van der Waals surface area contributed by atoms with Crippen molar-refractivity contribution in [1.29, 1.82) is 0 Å². The first-order valence-electron chi connectivity index (χ1n) is 8.17. The number of nitrogens with zero attached hydrogens (tertiary/aromatic N) is 2. The molecule has 1 heterocycles. The van der Waals surface area contributed by atoms with Gasteiger partial charge in [0.05, 0.1) is 12.8 Å². The highest BCUT2D eigenvalue weighted by Gasteiger charge is 2.42. The van der Waals surface area contributed by atoms with Gasteiger partial charge in [0.25, 0.3) is 5.91 Å². The summed E-state index contributed by atoms with van der Waals surface area (Å²) >= 11 is 0. The van der Waals surface area contributed by atoms with Crippen LogP contribution in [0.5, 0.6) is 0 Å². The maximum atomic E-state index is 12.6. The van der Waals surface area contributed by atoms with Crippen molar-refractivity contribution >= 4 is 11.9 Å². The number of para-hydroxylation sites is 1. The highest BCUT2D eigenvalue weighted by Crippen LogP contribution is 2.29. The van der Waals surface area contributed by atoms with E-state index in [9.17, 15) is 9.59 Å². The van der Waals surface area contributed by atoms with Crippen LogP contribution in [-0.4, -0.2) is 34.3 Å². The molecule has 0 spiro atoms. The maximum Gasteiger partial charge on any atom is 0.331 e. The van der Waals surface area contributed by atoms with Crippen molar-refractivity contribution in [1.82, 2.24) is 15.1 Å². The number of hydrogen-bond donors (Lipinski definition) is 1. The second kappa shape index (κ2) is 6.86. The van der Waals surface area contributed by atoms with Gasteiger partial charge in [-0.1, -0.05) is 37.5 Å². The van der Waals surface area contributed by atoms with Crippen LogP contribution in [0.2, 0.25) is 0 Å². The Hall–Kier alpha value is -2.63. The van der Waals surface area contributed by atoms with Gasteiger partial charge >= 0.3 is 5.97 Å². The number of methoxy groups -OCH3 is 1. The summed E-state index contributed by atoms with van der Waals surface area (Å²) in [5, 5.41) is 7.19. The summed E-state index contributed by atoms with van der Waals surface area (Å²) in [6.07, 6.45) is 5.80. The summed E-state index contributed by atoms with van der Waals surface area (Å²) in [4.78, 5) is 24.8. The van der Waals surface area contributed by atoms with E-state index < -0.39 is 5.54 Å². The number of hydrogen-bond acceptors (Lipinski definition) is 4. The molecule has 6 nitrogen and oxygen atoms in total. The molecule has 1 aliphatic carbocycles. The minimum atomic E-state index is -0.930. The van der Waals surface area contributed by atoms with Crippen LogP contribution >= 0.6 is 0 Å². The monoisotopic (exact) mass is 327 g/mol. The Morgan fingerprint density at radius 2 is 1.83 bits per heavy atom. The third-order valence-corrected chi connectivity index (χ3v) is 4.48. The standard InChI is InChI=1S/C18H21N3O3/c1-24-17(23)18(11-6-3-7-12-18)19-16(22)15-10-13-21(20-15)14-8-4-2-5-9-14/h2,4-5,8-10,13H,3,6-7,11-12H2,1H3,(H,19,22). The van der Waals surface area contributed by atoms with Crippen LogP contribution < -0.4 is 5.32 Å². The van der Waals surface area contributed by atoms with Crippen molar-refractivity contribution < 1.29 is 14.3 Å². The van der Waals surface area contributed by atoms with Crippen LogP contribution in [0.4, 0.5) is 0 Å². The molecule has 3 rings (SSSR count). The Balaban J connectivity index is 1.79. The summed E-state index contributed by atoms with van der Waals surface area (Å²) < 4.78 is 6.56. The van der Waals surface area contributed by atoms with Crippen molar-refractivity contribution in [3.8, 4) is 5.69 Å². The van der Waals surface area contributed by atoms with Gasteiger partial charge in [-0.3, -0.25) is 4.79 Å². The summed E-state index contributed by atoms with van der Waals surface area (Å²) in [5.74, 6) is -0.727. The normalized spacial score (nSPS) is 16.4. The molecule has 1 aliphatic rings. The van der Waals surface area contributed by atoms with E-state index in [0.717, 1.165) is 24.9 Å². The molecule has 0 saturated heterocycles. The van der Waals surface area contributed by atoms with Gasteiger partial charge in [-0.25, -0.2) is 9.48 Å². The van der Waals surface area contributed by atoms with E-state index in [1.165, 1.54) is 7.11 Å². The summed E-state index contributed by atoms with van der Waals surface area (Å²) in [5.41, 5.74) is 0.227. The van der Waals surface area contributed by atoms with Crippen molar-refractivity contribution in [2.24, 2.45) is 0 Å². The molecule has 24 heavy (non-hydrogen) atoms. The van der Waals surface area contributed by atoms with Gasteiger partial charge in [0.1, 0.15) is 5.54 Å². The molecular weight excluding hydrogens is 306 g/mol. The van der Waals surface area contributed by atoms with E-state index in [2.05, 4.69) is 10.4 Å². The highest BCUT2D eigenvalue weighted by atomic mass is 16.5. The molecule has 0 radical (unpaired) electrons. The molecule has 126 valence electrons. The molecule has 2 aromatic rings. The molecule has 1 N–H and O–H groups in total. The van der Waals surface area contributed by atoms with Crippen molar-refractivity contribution in [2.45, 2.75) is 37.6 Å². The van der Waals surface area contributed by atoms with Gasteiger partial charge in [-0.2, -0.15) is 5.10 Å². The molecule has 1 aromatic carbocycles. The quantitative estimate of drug-likeness (QED) is 0.876. The molecule has 0 atom stereocenters. The number of rotatable bonds is 4. The fourth-order valence-electron chi connectivity index (χ4n) is 3.18. The zero-order valence-corrected chi connectivity index (χ0v) is 13.7. The van der Waals surface area contributed by atoms with E-state index in [4.69, 9.17) is 4.74 Å². The predicted molar refractivity (Wildman–Crippen MR) is 88.9 cm³/mol.